The number of hydrogen-bond donors (Lipinski definition) is 1. The Bertz CT molecular complexity index is 823. The van der Waals surface area contributed by atoms with Crippen molar-refractivity contribution < 1.29 is 8.42 Å². The first kappa shape index (κ1) is 14.4. The quantitative estimate of drug-likeness (QED) is 0.906. The van der Waals surface area contributed by atoms with Gasteiger partial charge in [0, 0.05) is 36.3 Å². The molecule has 2 aliphatic rings. The fourth-order valence-electron chi connectivity index (χ4n) is 3.52. The molecule has 0 saturated carbocycles. The third-order valence-electron chi connectivity index (χ3n) is 4.67. The van der Waals surface area contributed by atoms with Crippen molar-refractivity contribution >= 4 is 32.4 Å². The van der Waals surface area contributed by atoms with E-state index < -0.39 is 10.0 Å². The first-order chi connectivity index (χ1) is 10.6. The molecule has 0 amide bonds. The van der Waals surface area contributed by atoms with Gasteiger partial charge in [0.25, 0.3) is 0 Å². The van der Waals surface area contributed by atoms with Gasteiger partial charge in [-0.1, -0.05) is 23.7 Å². The summed E-state index contributed by atoms with van der Waals surface area (Å²) in [6.45, 7) is 2.96. The molecular formula is C15H16ClN3O2S. The maximum absolute atomic E-state index is 13.1. The molecule has 7 heteroatoms. The maximum Gasteiger partial charge on any atom is 0.243 e. The average Bonchev–Trinajstić information content (AvgIpc) is 3.08. The average molecular weight is 338 g/mol. The van der Waals surface area contributed by atoms with Gasteiger partial charge in [-0.25, -0.2) is 8.42 Å². The van der Waals surface area contributed by atoms with E-state index in [0.29, 0.717) is 35.3 Å². The Morgan fingerprint density at radius 2 is 1.91 bits per heavy atom. The number of sulfonamides is 1. The van der Waals surface area contributed by atoms with Crippen molar-refractivity contribution in [3.63, 3.8) is 0 Å². The van der Waals surface area contributed by atoms with Crippen molar-refractivity contribution in [2.45, 2.75) is 4.90 Å². The van der Waals surface area contributed by atoms with Crippen molar-refractivity contribution in [3.8, 4) is 0 Å². The van der Waals surface area contributed by atoms with Gasteiger partial charge < -0.3 is 5.32 Å². The number of benzene rings is 1. The molecule has 2 atom stereocenters. The molecule has 2 saturated heterocycles. The number of halogens is 1. The van der Waals surface area contributed by atoms with Crippen LogP contribution in [0.2, 0.25) is 5.02 Å². The molecule has 2 aromatic rings. The topological polar surface area (TPSA) is 62.3 Å². The van der Waals surface area contributed by atoms with E-state index in [4.69, 9.17) is 11.6 Å². The highest BCUT2D eigenvalue weighted by molar-refractivity contribution is 7.89. The number of nitrogens with zero attached hydrogens (tertiary/aromatic N) is 2. The fourth-order valence-corrected chi connectivity index (χ4v) is 5.63. The largest absolute Gasteiger partial charge is 0.316 e. The molecule has 3 heterocycles. The van der Waals surface area contributed by atoms with Crippen LogP contribution < -0.4 is 5.32 Å². The minimum atomic E-state index is -3.54. The lowest BCUT2D eigenvalue weighted by molar-refractivity contribution is 0.448. The van der Waals surface area contributed by atoms with Crippen molar-refractivity contribution in [3.05, 3.63) is 35.6 Å². The van der Waals surface area contributed by atoms with Crippen molar-refractivity contribution in [1.82, 2.24) is 14.6 Å². The van der Waals surface area contributed by atoms with Gasteiger partial charge in [0.1, 0.15) is 0 Å². The van der Waals surface area contributed by atoms with Gasteiger partial charge in [0.15, 0.2) is 0 Å². The predicted octanol–water partition coefficient (Wildman–Crippen LogP) is 1.73. The van der Waals surface area contributed by atoms with Crippen LogP contribution in [0.1, 0.15) is 0 Å². The molecule has 4 rings (SSSR count). The molecule has 2 aliphatic heterocycles. The van der Waals surface area contributed by atoms with E-state index in [1.54, 1.807) is 22.6 Å². The van der Waals surface area contributed by atoms with Crippen molar-refractivity contribution in [2.75, 3.05) is 26.2 Å². The van der Waals surface area contributed by atoms with Crippen LogP contribution in [-0.2, 0) is 10.0 Å². The van der Waals surface area contributed by atoms with Gasteiger partial charge >= 0.3 is 0 Å². The SMILES string of the molecule is O=S(=O)(c1cccc2cncc(Cl)c12)N1CC2CNCC2C1. The predicted molar refractivity (Wildman–Crippen MR) is 85.4 cm³/mol. The highest BCUT2D eigenvalue weighted by atomic mass is 35.5. The van der Waals surface area contributed by atoms with Crippen molar-refractivity contribution in [2.24, 2.45) is 11.8 Å². The summed E-state index contributed by atoms with van der Waals surface area (Å²) < 4.78 is 27.7. The second-order valence-corrected chi connectivity index (χ2v) is 8.29. The second kappa shape index (κ2) is 5.16. The van der Waals surface area contributed by atoms with E-state index in [1.165, 1.54) is 6.20 Å². The first-order valence-corrected chi connectivity index (χ1v) is 9.12. The number of rotatable bonds is 2. The molecule has 0 radical (unpaired) electrons. The summed E-state index contributed by atoms with van der Waals surface area (Å²) in [5, 5.41) is 5.01. The van der Waals surface area contributed by atoms with Crippen LogP contribution in [0.5, 0.6) is 0 Å². The van der Waals surface area contributed by atoms with Crippen LogP contribution in [0.4, 0.5) is 0 Å². The third-order valence-corrected chi connectivity index (χ3v) is 6.83. The number of fused-ring (bicyclic) bond motifs is 2. The number of nitrogens with one attached hydrogen (secondary N) is 1. The molecule has 1 N–H and O–H groups in total. The van der Waals surface area contributed by atoms with E-state index in [9.17, 15) is 8.42 Å². The second-order valence-electron chi connectivity index (χ2n) is 5.98. The summed E-state index contributed by atoms with van der Waals surface area (Å²) in [6.07, 6.45) is 3.13. The Morgan fingerprint density at radius 1 is 1.18 bits per heavy atom. The van der Waals surface area contributed by atoms with E-state index in [1.807, 2.05) is 6.07 Å². The number of pyridine rings is 1. The Morgan fingerprint density at radius 3 is 2.64 bits per heavy atom. The van der Waals surface area contributed by atoms with Crippen LogP contribution in [0, 0.1) is 11.8 Å². The zero-order valence-corrected chi connectivity index (χ0v) is 13.4. The van der Waals surface area contributed by atoms with Gasteiger partial charge in [-0.05, 0) is 31.0 Å². The molecule has 1 aromatic carbocycles. The smallest absolute Gasteiger partial charge is 0.243 e. The highest BCUT2D eigenvalue weighted by Crippen LogP contribution is 2.35. The monoisotopic (exact) mass is 337 g/mol. The summed E-state index contributed by atoms with van der Waals surface area (Å²) in [4.78, 5) is 4.31. The van der Waals surface area contributed by atoms with Crippen LogP contribution in [-0.4, -0.2) is 43.9 Å². The normalized spacial score (nSPS) is 25.7. The number of hydrogen-bond acceptors (Lipinski definition) is 4. The summed E-state index contributed by atoms with van der Waals surface area (Å²) in [7, 11) is -3.54. The lowest BCUT2D eigenvalue weighted by Gasteiger charge is -2.19. The molecule has 1 aromatic heterocycles. The summed E-state index contributed by atoms with van der Waals surface area (Å²) in [5.74, 6) is 0.837. The Labute approximate surface area is 134 Å². The fraction of sp³-hybridized carbons (Fsp3) is 0.400. The van der Waals surface area contributed by atoms with Crippen LogP contribution in [0.15, 0.2) is 35.5 Å². The standard InChI is InChI=1S/C15H16ClN3O2S/c16-13-7-18-4-10-2-1-3-14(15(10)13)22(20,21)19-8-11-5-17-6-12(11)9-19/h1-4,7,11-12,17H,5-6,8-9H2. The lowest BCUT2D eigenvalue weighted by Crippen LogP contribution is -2.32. The summed E-state index contributed by atoms with van der Waals surface area (Å²) >= 11 is 6.22. The molecular weight excluding hydrogens is 322 g/mol. The van der Waals surface area contributed by atoms with Gasteiger partial charge in [-0.15, -0.1) is 0 Å². The van der Waals surface area contributed by atoms with E-state index in [2.05, 4.69) is 10.3 Å². The highest BCUT2D eigenvalue weighted by Gasteiger charge is 2.41. The lowest BCUT2D eigenvalue weighted by atomic mass is 10.0. The molecule has 0 bridgehead atoms. The molecule has 116 valence electrons. The van der Waals surface area contributed by atoms with Crippen molar-refractivity contribution in [1.29, 1.82) is 0 Å². The molecule has 0 aliphatic carbocycles. The van der Waals surface area contributed by atoms with Gasteiger partial charge in [0.2, 0.25) is 10.0 Å². The molecule has 5 nitrogen and oxygen atoms in total. The zero-order chi connectivity index (χ0) is 15.3. The third kappa shape index (κ3) is 2.13. The van der Waals surface area contributed by atoms with Crippen LogP contribution in [0.3, 0.4) is 0 Å². The Hall–Kier alpha value is -1.21. The van der Waals surface area contributed by atoms with Gasteiger partial charge in [-0.2, -0.15) is 4.31 Å². The minimum absolute atomic E-state index is 0.283. The number of aromatic nitrogens is 1. The molecule has 2 unspecified atom stereocenters. The van der Waals surface area contributed by atoms with Crippen LogP contribution in [0.25, 0.3) is 10.8 Å². The van der Waals surface area contributed by atoms with E-state index in [-0.39, 0.29) is 4.90 Å². The Balaban J connectivity index is 1.81. The molecule has 2 fully saturated rings. The van der Waals surface area contributed by atoms with Gasteiger partial charge in [-0.3, -0.25) is 4.98 Å². The minimum Gasteiger partial charge on any atom is -0.316 e. The first-order valence-electron chi connectivity index (χ1n) is 7.30. The molecule has 0 spiro atoms. The van der Waals surface area contributed by atoms with Gasteiger partial charge in [0.05, 0.1) is 9.92 Å². The Kier molecular flexibility index (Phi) is 3.38. The summed E-state index contributed by atoms with van der Waals surface area (Å²) in [6, 6.07) is 5.21. The molecule has 22 heavy (non-hydrogen) atoms. The summed E-state index contributed by atoms with van der Waals surface area (Å²) in [5.41, 5.74) is 0. The zero-order valence-electron chi connectivity index (χ0n) is 11.9. The maximum atomic E-state index is 13.1. The van der Waals surface area contributed by atoms with Crippen LogP contribution >= 0.6 is 11.6 Å². The van der Waals surface area contributed by atoms with E-state index >= 15 is 0 Å². The van der Waals surface area contributed by atoms with E-state index in [0.717, 1.165) is 18.5 Å².